The maximum Gasteiger partial charge on any atom is 0.244 e. The number of nitrogens with one attached hydrogen (secondary N) is 1. The lowest BCUT2D eigenvalue weighted by Gasteiger charge is -2.27. The summed E-state index contributed by atoms with van der Waals surface area (Å²) in [5, 5.41) is 3.05. The normalized spacial score (nSPS) is 17.7. The van der Waals surface area contributed by atoms with E-state index >= 15 is 0 Å². The van der Waals surface area contributed by atoms with Gasteiger partial charge >= 0.3 is 0 Å². The van der Waals surface area contributed by atoms with Crippen LogP contribution in [0.1, 0.15) is 47.0 Å². The summed E-state index contributed by atoms with van der Waals surface area (Å²) in [4.78, 5) is 14.8. The van der Waals surface area contributed by atoms with Crippen molar-refractivity contribution in [2.45, 2.75) is 45.8 Å². The van der Waals surface area contributed by atoms with E-state index in [9.17, 15) is 4.79 Å². The second-order valence-corrected chi connectivity index (χ2v) is 8.14. The summed E-state index contributed by atoms with van der Waals surface area (Å²) < 4.78 is 7.84. The highest BCUT2D eigenvalue weighted by atomic mass is 16.5. The number of hydrogen-bond acceptors (Lipinski definition) is 3. The summed E-state index contributed by atoms with van der Waals surface area (Å²) >= 11 is 0. The first kappa shape index (κ1) is 19.9. The van der Waals surface area contributed by atoms with Crippen LogP contribution in [0.2, 0.25) is 0 Å². The highest BCUT2D eigenvalue weighted by Crippen LogP contribution is 2.38. The molecule has 1 aliphatic carbocycles. The predicted octanol–water partition coefficient (Wildman–Crippen LogP) is 3.60. The molecule has 5 nitrogen and oxygen atoms in total. The quantitative estimate of drug-likeness (QED) is 0.731. The highest BCUT2D eigenvalue weighted by molar-refractivity contribution is 5.91. The summed E-state index contributed by atoms with van der Waals surface area (Å²) in [6.45, 7) is 9.25. The average Bonchev–Trinajstić information content (AvgIpc) is 3.52. The minimum absolute atomic E-state index is 0.0533. The van der Waals surface area contributed by atoms with Gasteiger partial charge in [0, 0.05) is 49.7 Å². The second-order valence-electron chi connectivity index (χ2n) is 8.14. The van der Waals surface area contributed by atoms with E-state index in [1.165, 1.54) is 35.4 Å². The molecule has 1 aromatic heterocycles. The minimum atomic E-state index is -0.0533. The molecule has 0 atom stereocenters. The van der Waals surface area contributed by atoms with Crippen LogP contribution in [0.5, 0.6) is 0 Å². The summed E-state index contributed by atoms with van der Waals surface area (Å²) in [7, 11) is 0. The number of benzene rings is 1. The molecule has 154 valence electrons. The molecule has 0 unspecified atom stereocenters. The summed E-state index contributed by atoms with van der Waals surface area (Å²) in [6, 6.07) is 11.2. The first-order chi connectivity index (χ1) is 14.1. The Bertz CT molecular complexity index is 890. The van der Waals surface area contributed by atoms with Crippen molar-refractivity contribution < 1.29 is 9.53 Å². The molecule has 2 aliphatic rings. The Morgan fingerprint density at radius 3 is 2.62 bits per heavy atom. The molecular weight excluding hydrogens is 362 g/mol. The van der Waals surface area contributed by atoms with Crippen molar-refractivity contribution in [3.05, 3.63) is 64.5 Å². The Hall–Kier alpha value is -2.37. The number of nitrogens with zero attached hydrogens (tertiary/aromatic N) is 2. The number of hydrogen-bond donors (Lipinski definition) is 1. The maximum atomic E-state index is 12.4. The molecule has 0 spiro atoms. The molecule has 1 aliphatic heterocycles. The van der Waals surface area contributed by atoms with Crippen LogP contribution in [0.15, 0.2) is 36.4 Å². The smallest absolute Gasteiger partial charge is 0.244 e. The van der Waals surface area contributed by atoms with Gasteiger partial charge in [-0.15, -0.1) is 0 Å². The topological polar surface area (TPSA) is 46.5 Å². The number of amides is 1. The van der Waals surface area contributed by atoms with Crippen molar-refractivity contribution >= 4 is 12.0 Å². The van der Waals surface area contributed by atoms with Gasteiger partial charge in [0.15, 0.2) is 0 Å². The van der Waals surface area contributed by atoms with Crippen LogP contribution < -0.4 is 5.32 Å². The van der Waals surface area contributed by atoms with Crippen molar-refractivity contribution in [2.24, 2.45) is 0 Å². The summed E-state index contributed by atoms with van der Waals surface area (Å²) in [5.74, 6) is -0.0533. The Labute approximate surface area is 173 Å². The summed E-state index contributed by atoms with van der Waals surface area (Å²) in [6.07, 6.45) is 6.13. The van der Waals surface area contributed by atoms with Crippen molar-refractivity contribution in [1.82, 2.24) is 14.8 Å². The van der Waals surface area contributed by atoms with Gasteiger partial charge in [0.2, 0.25) is 5.91 Å². The van der Waals surface area contributed by atoms with E-state index in [1.807, 2.05) is 12.1 Å². The fraction of sp³-hybridized carbons (Fsp3) is 0.458. The molecule has 0 bridgehead atoms. The SMILES string of the molecule is Cc1cc(/C=C/C(=O)NCc2ccccc2CN2CCOCC2)c(C)n1C1CC1. The molecular formula is C24H31N3O2. The van der Waals surface area contributed by atoms with Crippen LogP contribution in [0.4, 0.5) is 0 Å². The van der Waals surface area contributed by atoms with Crippen molar-refractivity contribution in [3.63, 3.8) is 0 Å². The molecule has 1 N–H and O–H groups in total. The average molecular weight is 394 g/mol. The first-order valence-electron chi connectivity index (χ1n) is 10.6. The van der Waals surface area contributed by atoms with E-state index in [0.29, 0.717) is 12.6 Å². The minimum Gasteiger partial charge on any atom is -0.379 e. The molecule has 4 rings (SSSR count). The zero-order valence-electron chi connectivity index (χ0n) is 17.5. The van der Waals surface area contributed by atoms with Gasteiger partial charge in [0.1, 0.15) is 0 Å². The van der Waals surface area contributed by atoms with E-state index in [0.717, 1.165) is 38.4 Å². The Kier molecular flexibility index (Phi) is 6.16. The zero-order valence-corrected chi connectivity index (χ0v) is 17.5. The van der Waals surface area contributed by atoms with E-state index in [1.54, 1.807) is 6.08 Å². The molecule has 2 fully saturated rings. The van der Waals surface area contributed by atoms with Gasteiger partial charge in [-0.2, -0.15) is 0 Å². The van der Waals surface area contributed by atoms with Crippen LogP contribution in [0.3, 0.4) is 0 Å². The van der Waals surface area contributed by atoms with Gasteiger partial charge < -0.3 is 14.6 Å². The highest BCUT2D eigenvalue weighted by Gasteiger charge is 2.26. The Morgan fingerprint density at radius 1 is 1.17 bits per heavy atom. The number of aryl methyl sites for hydroxylation is 1. The molecule has 2 aromatic rings. The van der Waals surface area contributed by atoms with Gasteiger partial charge in [-0.25, -0.2) is 0 Å². The van der Waals surface area contributed by atoms with Crippen LogP contribution in [-0.2, 0) is 22.6 Å². The van der Waals surface area contributed by atoms with Crippen LogP contribution >= 0.6 is 0 Å². The monoisotopic (exact) mass is 393 g/mol. The predicted molar refractivity (Wildman–Crippen MR) is 116 cm³/mol. The Morgan fingerprint density at radius 2 is 1.90 bits per heavy atom. The van der Waals surface area contributed by atoms with Gasteiger partial charge in [-0.05, 0) is 55.5 Å². The van der Waals surface area contributed by atoms with Crippen molar-refractivity contribution in [3.8, 4) is 0 Å². The standard InChI is InChI=1S/C24H31N3O2/c1-18-15-20(19(2)27(18)23-8-9-23)7-10-24(28)25-16-21-5-3-4-6-22(21)17-26-11-13-29-14-12-26/h3-7,10,15,23H,8-9,11-14,16-17H2,1-2H3,(H,25,28)/b10-7+. The third-order valence-corrected chi connectivity index (χ3v) is 5.92. The molecule has 2 heterocycles. The lowest BCUT2D eigenvalue weighted by atomic mass is 10.1. The lowest BCUT2D eigenvalue weighted by Crippen LogP contribution is -2.36. The number of rotatable bonds is 7. The third-order valence-electron chi connectivity index (χ3n) is 5.92. The third kappa shape index (κ3) is 4.98. The molecule has 1 saturated heterocycles. The zero-order chi connectivity index (χ0) is 20.2. The molecule has 1 amide bonds. The van der Waals surface area contributed by atoms with Crippen molar-refractivity contribution in [1.29, 1.82) is 0 Å². The number of morpholine rings is 1. The van der Waals surface area contributed by atoms with Gasteiger partial charge in [0.25, 0.3) is 0 Å². The number of ether oxygens (including phenoxy) is 1. The number of aromatic nitrogens is 1. The largest absolute Gasteiger partial charge is 0.379 e. The molecule has 0 radical (unpaired) electrons. The van der Waals surface area contributed by atoms with E-state index in [-0.39, 0.29) is 5.91 Å². The fourth-order valence-electron chi connectivity index (χ4n) is 4.16. The number of carbonyl (C=O) groups is 1. The van der Waals surface area contributed by atoms with E-state index < -0.39 is 0 Å². The maximum absolute atomic E-state index is 12.4. The van der Waals surface area contributed by atoms with Crippen molar-refractivity contribution in [2.75, 3.05) is 26.3 Å². The lowest BCUT2D eigenvalue weighted by molar-refractivity contribution is -0.116. The number of carbonyl (C=O) groups excluding carboxylic acids is 1. The van der Waals surface area contributed by atoms with Crippen LogP contribution in [-0.4, -0.2) is 41.7 Å². The molecule has 1 aromatic carbocycles. The van der Waals surface area contributed by atoms with E-state index in [2.05, 4.69) is 52.9 Å². The fourth-order valence-corrected chi connectivity index (χ4v) is 4.16. The molecule has 29 heavy (non-hydrogen) atoms. The Balaban J connectivity index is 1.35. The summed E-state index contributed by atoms with van der Waals surface area (Å²) in [5.41, 5.74) is 6.11. The second kappa shape index (κ2) is 8.97. The van der Waals surface area contributed by atoms with E-state index in [4.69, 9.17) is 4.74 Å². The van der Waals surface area contributed by atoms with Gasteiger partial charge in [-0.1, -0.05) is 24.3 Å². The first-order valence-corrected chi connectivity index (χ1v) is 10.6. The van der Waals surface area contributed by atoms with Crippen LogP contribution in [0.25, 0.3) is 6.08 Å². The molecule has 1 saturated carbocycles. The molecule has 5 heteroatoms. The van der Waals surface area contributed by atoms with Gasteiger partial charge in [0.05, 0.1) is 13.2 Å². The van der Waals surface area contributed by atoms with Crippen LogP contribution in [0, 0.1) is 13.8 Å². The van der Waals surface area contributed by atoms with Gasteiger partial charge in [-0.3, -0.25) is 9.69 Å².